The summed E-state index contributed by atoms with van der Waals surface area (Å²) < 4.78 is 1.56. The lowest BCUT2D eigenvalue weighted by molar-refractivity contribution is 0.817. The molecule has 0 spiro atoms. The predicted molar refractivity (Wildman–Crippen MR) is 53.3 cm³/mol. The first-order valence-corrected chi connectivity index (χ1v) is 4.36. The molecule has 0 unspecified atom stereocenters. The third-order valence-corrected chi connectivity index (χ3v) is 1.99. The van der Waals surface area contributed by atoms with Crippen molar-refractivity contribution in [3.05, 3.63) is 29.0 Å². The second-order valence-electron chi connectivity index (χ2n) is 2.86. The largest absolute Gasteiger partial charge is 0.382 e. The number of hydrogen-bond acceptors (Lipinski definition) is 4. The molecule has 0 saturated heterocycles. The van der Waals surface area contributed by atoms with Crippen molar-refractivity contribution >= 4 is 17.4 Å². The molecule has 0 bridgehead atoms. The third kappa shape index (κ3) is 1.54. The normalized spacial score (nSPS) is 10.4. The van der Waals surface area contributed by atoms with Crippen LogP contribution in [0.2, 0.25) is 5.15 Å². The lowest BCUT2D eigenvalue weighted by atomic mass is 10.4. The molecule has 2 N–H and O–H groups in total. The summed E-state index contributed by atoms with van der Waals surface area (Å²) >= 11 is 5.61. The van der Waals surface area contributed by atoms with Gasteiger partial charge in [0.15, 0.2) is 11.0 Å². The molecule has 72 valence electrons. The van der Waals surface area contributed by atoms with Crippen LogP contribution in [0, 0.1) is 6.92 Å². The van der Waals surface area contributed by atoms with Crippen LogP contribution in [-0.4, -0.2) is 20.0 Å². The molecule has 2 rings (SSSR count). The molecule has 14 heavy (non-hydrogen) atoms. The van der Waals surface area contributed by atoms with E-state index in [2.05, 4.69) is 15.3 Å². The maximum atomic E-state index is 5.61. The Bertz CT molecular complexity index is 428. The SMILES string of the molecule is Cc1cn(-c2ccc(Cl)nn2)nc1N. The van der Waals surface area contributed by atoms with Crippen molar-refractivity contribution in [1.82, 2.24) is 20.0 Å². The molecule has 0 saturated carbocycles. The Hall–Kier alpha value is -1.62. The molecule has 2 aromatic heterocycles. The molecule has 2 heterocycles. The third-order valence-electron chi connectivity index (χ3n) is 1.79. The van der Waals surface area contributed by atoms with E-state index in [1.54, 1.807) is 23.0 Å². The van der Waals surface area contributed by atoms with Crippen molar-refractivity contribution in [3.8, 4) is 5.82 Å². The maximum absolute atomic E-state index is 5.61. The van der Waals surface area contributed by atoms with E-state index in [1.807, 2.05) is 6.92 Å². The molecule has 0 amide bonds. The first kappa shape index (κ1) is 8.96. The highest BCUT2D eigenvalue weighted by molar-refractivity contribution is 6.29. The standard InChI is InChI=1S/C8H8ClN5/c1-5-4-14(13-8(5)10)7-3-2-6(9)11-12-7/h2-4H,1H3,(H2,10,13). The van der Waals surface area contributed by atoms with Crippen LogP contribution in [0.15, 0.2) is 18.3 Å². The fourth-order valence-corrected chi connectivity index (χ4v) is 1.12. The van der Waals surface area contributed by atoms with Crippen molar-refractivity contribution in [2.24, 2.45) is 0 Å². The minimum Gasteiger partial charge on any atom is -0.382 e. The van der Waals surface area contributed by atoms with E-state index < -0.39 is 0 Å². The second kappa shape index (κ2) is 3.26. The van der Waals surface area contributed by atoms with E-state index in [0.717, 1.165) is 5.56 Å². The van der Waals surface area contributed by atoms with Gasteiger partial charge in [-0.1, -0.05) is 11.6 Å². The number of rotatable bonds is 1. The van der Waals surface area contributed by atoms with Gasteiger partial charge in [0.25, 0.3) is 0 Å². The molecule has 0 aliphatic carbocycles. The Balaban J connectivity index is 2.44. The molecular weight excluding hydrogens is 202 g/mol. The molecule has 6 heteroatoms. The van der Waals surface area contributed by atoms with Gasteiger partial charge < -0.3 is 5.73 Å². The van der Waals surface area contributed by atoms with Crippen molar-refractivity contribution < 1.29 is 0 Å². The van der Waals surface area contributed by atoms with Crippen molar-refractivity contribution in [2.75, 3.05) is 5.73 Å². The smallest absolute Gasteiger partial charge is 0.175 e. The van der Waals surface area contributed by atoms with Crippen LogP contribution < -0.4 is 5.73 Å². The van der Waals surface area contributed by atoms with Crippen LogP contribution in [0.4, 0.5) is 5.82 Å². The zero-order chi connectivity index (χ0) is 10.1. The number of nitrogen functional groups attached to an aromatic ring is 1. The van der Waals surface area contributed by atoms with Crippen LogP contribution in [0.3, 0.4) is 0 Å². The van der Waals surface area contributed by atoms with E-state index >= 15 is 0 Å². The summed E-state index contributed by atoms with van der Waals surface area (Å²) in [6.07, 6.45) is 1.78. The predicted octanol–water partition coefficient (Wildman–Crippen LogP) is 1.21. The number of halogens is 1. The zero-order valence-corrected chi connectivity index (χ0v) is 8.23. The van der Waals surface area contributed by atoms with Gasteiger partial charge in [-0.25, -0.2) is 4.68 Å². The molecule has 0 radical (unpaired) electrons. The summed E-state index contributed by atoms with van der Waals surface area (Å²) in [5.74, 6) is 1.08. The fraction of sp³-hybridized carbons (Fsp3) is 0.125. The number of nitrogens with two attached hydrogens (primary N) is 1. The average Bonchev–Trinajstić information content (AvgIpc) is 2.48. The van der Waals surface area contributed by atoms with Gasteiger partial charge in [-0.05, 0) is 19.1 Å². The Labute approximate surface area is 85.5 Å². The van der Waals surface area contributed by atoms with Gasteiger partial charge in [-0.2, -0.15) is 0 Å². The second-order valence-corrected chi connectivity index (χ2v) is 3.24. The Morgan fingerprint density at radius 1 is 1.36 bits per heavy atom. The summed E-state index contributed by atoms with van der Waals surface area (Å²) in [5.41, 5.74) is 6.51. The number of hydrogen-bond donors (Lipinski definition) is 1. The highest BCUT2D eigenvalue weighted by atomic mass is 35.5. The molecule has 5 nitrogen and oxygen atoms in total. The number of aromatic nitrogens is 4. The maximum Gasteiger partial charge on any atom is 0.175 e. The summed E-state index contributed by atoms with van der Waals surface area (Å²) in [4.78, 5) is 0. The Morgan fingerprint density at radius 2 is 2.14 bits per heavy atom. The number of aryl methyl sites for hydroxylation is 1. The quantitative estimate of drug-likeness (QED) is 0.767. The number of anilines is 1. The topological polar surface area (TPSA) is 69.6 Å². The average molecular weight is 210 g/mol. The van der Waals surface area contributed by atoms with Gasteiger partial charge in [0.1, 0.15) is 5.82 Å². The van der Waals surface area contributed by atoms with Gasteiger partial charge in [0.2, 0.25) is 0 Å². The monoisotopic (exact) mass is 209 g/mol. The highest BCUT2D eigenvalue weighted by Gasteiger charge is 2.04. The van der Waals surface area contributed by atoms with Crippen molar-refractivity contribution in [2.45, 2.75) is 6.92 Å². The Morgan fingerprint density at radius 3 is 2.64 bits per heavy atom. The summed E-state index contributed by atoms with van der Waals surface area (Å²) in [5, 5.41) is 12.0. The van der Waals surface area contributed by atoms with E-state index in [0.29, 0.717) is 16.8 Å². The zero-order valence-electron chi connectivity index (χ0n) is 7.48. The highest BCUT2D eigenvalue weighted by Crippen LogP contribution is 2.11. The van der Waals surface area contributed by atoms with Gasteiger partial charge in [0, 0.05) is 11.8 Å². The minimum atomic E-state index is 0.352. The van der Waals surface area contributed by atoms with Gasteiger partial charge in [-0.3, -0.25) is 0 Å². The molecule has 0 fully saturated rings. The fourth-order valence-electron chi connectivity index (χ4n) is 1.02. The van der Waals surface area contributed by atoms with Crippen molar-refractivity contribution in [1.29, 1.82) is 0 Å². The van der Waals surface area contributed by atoms with Crippen LogP contribution in [0.5, 0.6) is 0 Å². The Kier molecular flexibility index (Phi) is 2.09. The van der Waals surface area contributed by atoms with Gasteiger partial charge >= 0.3 is 0 Å². The molecule has 0 aromatic carbocycles. The molecule has 0 atom stereocenters. The molecule has 0 aliphatic heterocycles. The van der Waals surface area contributed by atoms with Crippen LogP contribution in [-0.2, 0) is 0 Å². The van der Waals surface area contributed by atoms with Gasteiger partial charge in [0.05, 0.1) is 0 Å². The summed E-state index contributed by atoms with van der Waals surface area (Å²) in [7, 11) is 0. The van der Waals surface area contributed by atoms with Crippen molar-refractivity contribution in [3.63, 3.8) is 0 Å². The first-order valence-electron chi connectivity index (χ1n) is 3.98. The summed E-state index contributed by atoms with van der Waals surface area (Å²) in [6, 6.07) is 3.37. The molecule has 0 aliphatic rings. The lowest BCUT2D eigenvalue weighted by Gasteiger charge is -1.97. The van der Waals surface area contributed by atoms with Crippen LogP contribution in [0.25, 0.3) is 5.82 Å². The minimum absolute atomic E-state index is 0.352. The van der Waals surface area contributed by atoms with E-state index in [-0.39, 0.29) is 0 Å². The van der Waals surface area contributed by atoms with E-state index in [9.17, 15) is 0 Å². The molecule has 2 aromatic rings. The van der Waals surface area contributed by atoms with Gasteiger partial charge in [-0.15, -0.1) is 15.3 Å². The van der Waals surface area contributed by atoms with Crippen LogP contribution >= 0.6 is 11.6 Å². The van der Waals surface area contributed by atoms with E-state index in [1.165, 1.54) is 0 Å². The van der Waals surface area contributed by atoms with Crippen LogP contribution in [0.1, 0.15) is 5.56 Å². The number of nitrogens with zero attached hydrogens (tertiary/aromatic N) is 4. The first-order chi connectivity index (χ1) is 6.66. The lowest BCUT2D eigenvalue weighted by Crippen LogP contribution is -2.00. The van der Waals surface area contributed by atoms with E-state index in [4.69, 9.17) is 17.3 Å². The molecular formula is C8H8ClN5. The summed E-state index contributed by atoms with van der Waals surface area (Å²) in [6.45, 7) is 1.88.